The van der Waals surface area contributed by atoms with E-state index in [2.05, 4.69) is 0 Å². The molecule has 0 bridgehead atoms. The Morgan fingerprint density at radius 2 is 1.05 bits per heavy atom. The first-order valence-corrected chi connectivity index (χ1v) is 6.92. The molecule has 0 saturated carbocycles. The molecule has 2 aromatic carbocycles. The van der Waals surface area contributed by atoms with E-state index in [4.69, 9.17) is 10.5 Å². The van der Waals surface area contributed by atoms with Gasteiger partial charge in [0.1, 0.15) is 17.7 Å². The molecule has 102 valence electrons. The molecule has 2 nitrogen and oxygen atoms in total. The van der Waals surface area contributed by atoms with Gasteiger partial charge in [0.05, 0.1) is 0 Å². The van der Waals surface area contributed by atoms with E-state index >= 15 is 0 Å². The Labute approximate surface area is 129 Å². The smallest absolute Gasteiger partial charge is 0.136 e. The third-order valence-corrected chi connectivity index (χ3v) is 3.57. The minimum absolute atomic E-state index is 0.138. The normalized spacial score (nSPS) is 12.9. The summed E-state index contributed by atoms with van der Waals surface area (Å²) >= 11 is 0. The van der Waals surface area contributed by atoms with Crippen molar-refractivity contribution in [1.82, 2.24) is 0 Å². The Bertz CT molecular complexity index is 797. The number of rotatable bonds is 2. The molecule has 0 aliphatic heterocycles. The highest BCUT2D eigenvalue weighted by Gasteiger charge is 2.18. The van der Waals surface area contributed by atoms with Gasteiger partial charge >= 0.3 is 0 Å². The molecule has 2 aromatic rings. The van der Waals surface area contributed by atoms with Gasteiger partial charge in [0, 0.05) is 5.57 Å². The standard InChI is InChI=1S/C20H12N2/c21-13-18(14-22)17-11-19(15-7-3-1-4-8-15)20(12-17)16-9-5-2-6-10-16/h1-12H. The number of hydrogen-bond donors (Lipinski definition) is 0. The van der Waals surface area contributed by atoms with E-state index in [-0.39, 0.29) is 5.57 Å². The highest BCUT2D eigenvalue weighted by atomic mass is 14.3. The molecule has 0 radical (unpaired) electrons. The summed E-state index contributed by atoms with van der Waals surface area (Å²) in [6.45, 7) is 0. The van der Waals surface area contributed by atoms with E-state index in [0.29, 0.717) is 5.57 Å². The summed E-state index contributed by atoms with van der Waals surface area (Å²) in [4.78, 5) is 0. The van der Waals surface area contributed by atoms with Gasteiger partial charge in [-0.2, -0.15) is 10.5 Å². The van der Waals surface area contributed by atoms with Gasteiger partial charge < -0.3 is 0 Å². The summed E-state index contributed by atoms with van der Waals surface area (Å²) in [7, 11) is 0. The van der Waals surface area contributed by atoms with Crippen molar-refractivity contribution in [2.45, 2.75) is 0 Å². The summed E-state index contributed by atoms with van der Waals surface area (Å²) in [5.41, 5.74) is 5.02. The van der Waals surface area contributed by atoms with Crippen LogP contribution in [-0.4, -0.2) is 0 Å². The maximum absolute atomic E-state index is 9.11. The zero-order valence-electron chi connectivity index (χ0n) is 11.8. The largest absolute Gasteiger partial charge is 0.192 e. The Balaban J connectivity index is 2.20. The van der Waals surface area contributed by atoms with Gasteiger partial charge in [0.25, 0.3) is 0 Å². The number of nitrogens with zero attached hydrogens (tertiary/aromatic N) is 2. The first-order chi connectivity index (χ1) is 10.8. The summed E-state index contributed by atoms with van der Waals surface area (Å²) < 4.78 is 0. The maximum Gasteiger partial charge on any atom is 0.136 e. The molecule has 0 fully saturated rings. The molecule has 0 aromatic heterocycles. The Morgan fingerprint density at radius 3 is 1.41 bits per heavy atom. The number of allylic oxidation sites excluding steroid dienone is 6. The first kappa shape index (κ1) is 13.6. The fourth-order valence-electron chi connectivity index (χ4n) is 2.52. The van der Waals surface area contributed by atoms with Crippen molar-refractivity contribution in [3.8, 4) is 12.1 Å². The minimum Gasteiger partial charge on any atom is -0.192 e. The fraction of sp³-hybridized carbons (Fsp3) is 0. The molecule has 0 spiro atoms. The quantitative estimate of drug-likeness (QED) is 0.760. The molecule has 1 aliphatic carbocycles. The van der Waals surface area contributed by atoms with Gasteiger partial charge in [-0.05, 0) is 34.4 Å². The van der Waals surface area contributed by atoms with Crippen LogP contribution in [0.3, 0.4) is 0 Å². The van der Waals surface area contributed by atoms with Gasteiger partial charge in [-0.25, -0.2) is 0 Å². The monoisotopic (exact) mass is 280 g/mol. The topological polar surface area (TPSA) is 47.6 Å². The Morgan fingerprint density at radius 1 is 0.636 bits per heavy atom. The molecule has 3 rings (SSSR count). The third-order valence-electron chi connectivity index (χ3n) is 3.57. The number of benzene rings is 2. The van der Waals surface area contributed by atoms with Crippen molar-refractivity contribution in [2.75, 3.05) is 0 Å². The van der Waals surface area contributed by atoms with Crippen molar-refractivity contribution < 1.29 is 0 Å². The third kappa shape index (κ3) is 2.46. The zero-order valence-corrected chi connectivity index (χ0v) is 11.8. The van der Waals surface area contributed by atoms with Crippen LogP contribution in [0.2, 0.25) is 0 Å². The van der Waals surface area contributed by atoms with Crippen molar-refractivity contribution in [3.05, 3.63) is 95.1 Å². The van der Waals surface area contributed by atoms with Crippen LogP contribution in [0.15, 0.2) is 84.0 Å². The lowest BCUT2D eigenvalue weighted by Gasteiger charge is -2.08. The minimum atomic E-state index is 0.138. The van der Waals surface area contributed by atoms with Crippen LogP contribution in [0.5, 0.6) is 0 Å². The summed E-state index contributed by atoms with van der Waals surface area (Å²) in [6.07, 6.45) is 3.83. The molecular weight excluding hydrogens is 268 g/mol. The lowest BCUT2D eigenvalue weighted by atomic mass is 9.95. The van der Waals surface area contributed by atoms with Crippen molar-refractivity contribution in [2.24, 2.45) is 0 Å². The molecule has 2 heteroatoms. The molecule has 0 amide bonds. The number of nitriles is 2. The fourth-order valence-corrected chi connectivity index (χ4v) is 2.52. The second-order valence-electron chi connectivity index (χ2n) is 4.90. The lowest BCUT2D eigenvalue weighted by Crippen LogP contribution is -1.86. The van der Waals surface area contributed by atoms with Crippen LogP contribution in [0, 0.1) is 22.7 Å². The molecule has 0 heterocycles. The summed E-state index contributed by atoms with van der Waals surface area (Å²) in [5.74, 6) is 0. The summed E-state index contributed by atoms with van der Waals surface area (Å²) in [6, 6.07) is 23.9. The molecule has 0 N–H and O–H groups in total. The lowest BCUT2D eigenvalue weighted by molar-refractivity contribution is 1.44. The molecule has 1 aliphatic rings. The van der Waals surface area contributed by atoms with Crippen molar-refractivity contribution in [3.63, 3.8) is 0 Å². The number of hydrogen-bond acceptors (Lipinski definition) is 2. The highest BCUT2D eigenvalue weighted by Crippen LogP contribution is 2.38. The Hall–Kier alpha value is -3.36. The average Bonchev–Trinajstić information content (AvgIpc) is 3.03. The van der Waals surface area contributed by atoms with Crippen LogP contribution in [-0.2, 0) is 0 Å². The van der Waals surface area contributed by atoms with E-state index in [1.807, 2.05) is 85.0 Å². The van der Waals surface area contributed by atoms with Crippen LogP contribution < -0.4 is 0 Å². The van der Waals surface area contributed by atoms with Crippen molar-refractivity contribution in [1.29, 1.82) is 10.5 Å². The van der Waals surface area contributed by atoms with Gasteiger partial charge in [0.15, 0.2) is 0 Å². The summed E-state index contributed by atoms with van der Waals surface area (Å²) in [5, 5.41) is 18.2. The highest BCUT2D eigenvalue weighted by molar-refractivity contribution is 6.10. The van der Waals surface area contributed by atoms with Crippen LogP contribution in [0.4, 0.5) is 0 Å². The van der Waals surface area contributed by atoms with E-state index in [0.717, 1.165) is 22.3 Å². The van der Waals surface area contributed by atoms with E-state index < -0.39 is 0 Å². The predicted molar refractivity (Wildman–Crippen MR) is 87.1 cm³/mol. The SMILES string of the molecule is N#CC(C#N)=C1C=C(c2ccccc2)C(c2ccccc2)=C1. The van der Waals surface area contributed by atoms with Crippen LogP contribution >= 0.6 is 0 Å². The zero-order chi connectivity index (χ0) is 15.4. The molecule has 22 heavy (non-hydrogen) atoms. The predicted octanol–water partition coefficient (Wildman–Crippen LogP) is 4.51. The van der Waals surface area contributed by atoms with Gasteiger partial charge in [-0.3, -0.25) is 0 Å². The molecule has 0 atom stereocenters. The maximum atomic E-state index is 9.11. The van der Waals surface area contributed by atoms with Gasteiger partial charge in [-0.1, -0.05) is 60.7 Å². The molecule has 0 unspecified atom stereocenters. The molecule has 0 saturated heterocycles. The van der Waals surface area contributed by atoms with Crippen LogP contribution in [0.25, 0.3) is 11.1 Å². The van der Waals surface area contributed by atoms with Gasteiger partial charge in [0.2, 0.25) is 0 Å². The van der Waals surface area contributed by atoms with Crippen molar-refractivity contribution >= 4 is 11.1 Å². The van der Waals surface area contributed by atoms with Gasteiger partial charge in [-0.15, -0.1) is 0 Å². The average molecular weight is 280 g/mol. The Kier molecular flexibility index (Phi) is 3.69. The second-order valence-corrected chi connectivity index (χ2v) is 4.90. The molecular formula is C20H12N2. The van der Waals surface area contributed by atoms with E-state index in [1.54, 1.807) is 0 Å². The van der Waals surface area contributed by atoms with Crippen LogP contribution in [0.1, 0.15) is 11.1 Å². The van der Waals surface area contributed by atoms with E-state index in [1.165, 1.54) is 0 Å². The van der Waals surface area contributed by atoms with E-state index in [9.17, 15) is 0 Å². The first-order valence-electron chi connectivity index (χ1n) is 6.92. The second kappa shape index (κ2) is 5.95.